The highest BCUT2D eigenvalue weighted by atomic mass is 79.9. The van der Waals surface area contributed by atoms with Gasteiger partial charge in [-0.15, -0.1) is 0 Å². The summed E-state index contributed by atoms with van der Waals surface area (Å²) in [4.78, 5) is 0. The molecule has 6 heteroatoms. The van der Waals surface area contributed by atoms with Gasteiger partial charge in [0.15, 0.2) is 0 Å². The molecule has 1 aromatic rings. The zero-order valence-electron chi connectivity index (χ0n) is 8.51. The van der Waals surface area contributed by atoms with Gasteiger partial charge < -0.3 is 10.5 Å². The maximum absolute atomic E-state index is 12.5. The number of nitrogens with two attached hydrogens (primary N) is 1. The van der Waals surface area contributed by atoms with Gasteiger partial charge in [0.05, 0.1) is 18.2 Å². The molecule has 0 bridgehead atoms. The van der Waals surface area contributed by atoms with Gasteiger partial charge in [-0.2, -0.15) is 13.2 Å². The SMILES string of the molecule is COC[C@@H](N)c1cc(Br)cc(C(F)(F)F)c1. The van der Waals surface area contributed by atoms with Crippen molar-refractivity contribution < 1.29 is 17.9 Å². The highest BCUT2D eigenvalue weighted by molar-refractivity contribution is 9.10. The van der Waals surface area contributed by atoms with Crippen LogP contribution >= 0.6 is 15.9 Å². The third-order valence-corrected chi connectivity index (χ3v) is 2.48. The molecule has 0 fully saturated rings. The second-order valence-electron chi connectivity index (χ2n) is 3.33. The Hall–Kier alpha value is -0.590. The summed E-state index contributed by atoms with van der Waals surface area (Å²) < 4.78 is 42.7. The van der Waals surface area contributed by atoms with E-state index in [-0.39, 0.29) is 6.61 Å². The van der Waals surface area contributed by atoms with Crippen LogP contribution in [-0.2, 0) is 10.9 Å². The molecule has 1 rings (SSSR count). The first kappa shape index (κ1) is 13.5. The average molecular weight is 298 g/mol. The minimum atomic E-state index is -4.37. The minimum Gasteiger partial charge on any atom is -0.383 e. The number of benzene rings is 1. The third kappa shape index (κ3) is 3.47. The maximum atomic E-state index is 12.5. The largest absolute Gasteiger partial charge is 0.416 e. The van der Waals surface area contributed by atoms with E-state index in [1.54, 1.807) is 6.07 Å². The maximum Gasteiger partial charge on any atom is 0.416 e. The van der Waals surface area contributed by atoms with Gasteiger partial charge in [0.1, 0.15) is 0 Å². The van der Waals surface area contributed by atoms with Crippen molar-refractivity contribution in [3.8, 4) is 0 Å². The lowest BCUT2D eigenvalue weighted by Gasteiger charge is -2.14. The molecule has 16 heavy (non-hydrogen) atoms. The average Bonchev–Trinajstić information content (AvgIpc) is 2.16. The van der Waals surface area contributed by atoms with Gasteiger partial charge in [-0.3, -0.25) is 0 Å². The van der Waals surface area contributed by atoms with Gasteiger partial charge in [-0.1, -0.05) is 15.9 Å². The first-order valence-electron chi connectivity index (χ1n) is 4.47. The van der Waals surface area contributed by atoms with E-state index in [4.69, 9.17) is 10.5 Å². The van der Waals surface area contributed by atoms with Crippen LogP contribution in [0.1, 0.15) is 17.2 Å². The van der Waals surface area contributed by atoms with Crippen LogP contribution in [0.15, 0.2) is 22.7 Å². The normalized spacial score (nSPS) is 13.9. The summed E-state index contributed by atoms with van der Waals surface area (Å²) in [5.74, 6) is 0. The van der Waals surface area contributed by atoms with E-state index >= 15 is 0 Å². The van der Waals surface area contributed by atoms with E-state index in [0.29, 0.717) is 10.0 Å². The Morgan fingerprint density at radius 2 is 2.00 bits per heavy atom. The Kier molecular flexibility index (Phi) is 4.35. The Balaban J connectivity index is 3.08. The fourth-order valence-corrected chi connectivity index (χ4v) is 1.78. The zero-order chi connectivity index (χ0) is 12.3. The second kappa shape index (κ2) is 5.16. The van der Waals surface area contributed by atoms with Crippen LogP contribution in [-0.4, -0.2) is 13.7 Å². The lowest BCUT2D eigenvalue weighted by atomic mass is 10.0. The summed E-state index contributed by atoms with van der Waals surface area (Å²) in [7, 11) is 1.45. The van der Waals surface area contributed by atoms with Gasteiger partial charge in [-0.05, 0) is 23.8 Å². The predicted octanol–water partition coefficient (Wildman–Crippen LogP) is 3.11. The van der Waals surface area contributed by atoms with Gasteiger partial charge in [0.2, 0.25) is 0 Å². The summed E-state index contributed by atoms with van der Waals surface area (Å²) >= 11 is 3.03. The minimum absolute atomic E-state index is 0.174. The molecule has 0 heterocycles. The molecular formula is C10H11BrF3NO. The van der Waals surface area contributed by atoms with Crippen molar-refractivity contribution in [3.05, 3.63) is 33.8 Å². The van der Waals surface area contributed by atoms with E-state index in [1.807, 2.05) is 0 Å². The number of alkyl halides is 3. The highest BCUT2D eigenvalue weighted by Gasteiger charge is 2.31. The second-order valence-corrected chi connectivity index (χ2v) is 4.25. The van der Waals surface area contributed by atoms with Crippen molar-refractivity contribution in [2.24, 2.45) is 5.73 Å². The number of hydrogen-bond acceptors (Lipinski definition) is 2. The van der Waals surface area contributed by atoms with Crippen molar-refractivity contribution in [3.63, 3.8) is 0 Å². The van der Waals surface area contributed by atoms with Crippen molar-refractivity contribution in [2.75, 3.05) is 13.7 Å². The van der Waals surface area contributed by atoms with Crippen molar-refractivity contribution in [1.82, 2.24) is 0 Å². The molecular weight excluding hydrogens is 287 g/mol. The number of halogens is 4. The van der Waals surface area contributed by atoms with E-state index in [2.05, 4.69) is 15.9 Å². The standard InChI is InChI=1S/C10H11BrF3NO/c1-16-5-9(15)6-2-7(10(12,13)14)4-8(11)3-6/h2-4,9H,5,15H2,1H3/t9-/m1/s1. The van der Waals surface area contributed by atoms with Crippen LogP contribution in [0.25, 0.3) is 0 Å². The Labute approximate surface area is 99.7 Å². The van der Waals surface area contributed by atoms with Gasteiger partial charge in [-0.25, -0.2) is 0 Å². The van der Waals surface area contributed by atoms with E-state index in [0.717, 1.165) is 12.1 Å². The van der Waals surface area contributed by atoms with Crippen LogP contribution in [0.2, 0.25) is 0 Å². The quantitative estimate of drug-likeness (QED) is 0.930. The Bertz CT molecular complexity index is 368. The topological polar surface area (TPSA) is 35.2 Å². The number of hydrogen-bond donors (Lipinski definition) is 1. The summed E-state index contributed by atoms with van der Waals surface area (Å²) in [5.41, 5.74) is 5.35. The first-order chi connectivity index (χ1) is 7.34. The number of methoxy groups -OCH3 is 1. The van der Waals surface area contributed by atoms with Crippen LogP contribution in [0.5, 0.6) is 0 Å². The number of ether oxygens (including phenoxy) is 1. The highest BCUT2D eigenvalue weighted by Crippen LogP contribution is 2.33. The van der Waals surface area contributed by atoms with Crippen molar-refractivity contribution in [1.29, 1.82) is 0 Å². The summed E-state index contributed by atoms with van der Waals surface area (Å²) in [6, 6.07) is 3.04. The van der Waals surface area contributed by atoms with Gasteiger partial charge in [0, 0.05) is 11.6 Å². The first-order valence-corrected chi connectivity index (χ1v) is 5.26. The molecule has 0 saturated heterocycles. The molecule has 1 atom stereocenters. The van der Waals surface area contributed by atoms with E-state index in [1.165, 1.54) is 7.11 Å². The molecule has 0 radical (unpaired) electrons. The van der Waals surface area contributed by atoms with Crippen LogP contribution in [0.3, 0.4) is 0 Å². The molecule has 90 valence electrons. The molecule has 2 N–H and O–H groups in total. The molecule has 0 aliphatic rings. The zero-order valence-corrected chi connectivity index (χ0v) is 10.1. The molecule has 0 aliphatic heterocycles. The molecule has 0 spiro atoms. The van der Waals surface area contributed by atoms with Crippen LogP contribution in [0.4, 0.5) is 13.2 Å². The molecule has 1 aromatic carbocycles. The lowest BCUT2D eigenvalue weighted by molar-refractivity contribution is -0.137. The van der Waals surface area contributed by atoms with E-state index < -0.39 is 17.8 Å². The lowest BCUT2D eigenvalue weighted by Crippen LogP contribution is -2.17. The van der Waals surface area contributed by atoms with Crippen molar-refractivity contribution >= 4 is 15.9 Å². The van der Waals surface area contributed by atoms with Gasteiger partial charge >= 0.3 is 6.18 Å². The third-order valence-electron chi connectivity index (χ3n) is 2.02. The molecule has 0 saturated carbocycles. The summed E-state index contributed by atoms with van der Waals surface area (Å²) in [6.07, 6.45) is -4.37. The van der Waals surface area contributed by atoms with Crippen LogP contribution in [0, 0.1) is 0 Å². The molecule has 0 unspecified atom stereocenters. The van der Waals surface area contributed by atoms with Crippen molar-refractivity contribution in [2.45, 2.75) is 12.2 Å². The molecule has 0 amide bonds. The van der Waals surface area contributed by atoms with Crippen LogP contribution < -0.4 is 5.73 Å². The summed E-state index contributed by atoms with van der Waals surface area (Å²) in [5, 5.41) is 0. The molecule has 2 nitrogen and oxygen atoms in total. The fraction of sp³-hybridized carbons (Fsp3) is 0.400. The predicted molar refractivity (Wildman–Crippen MR) is 57.9 cm³/mol. The van der Waals surface area contributed by atoms with E-state index in [9.17, 15) is 13.2 Å². The fourth-order valence-electron chi connectivity index (χ4n) is 1.27. The molecule has 0 aliphatic carbocycles. The smallest absolute Gasteiger partial charge is 0.383 e. The van der Waals surface area contributed by atoms with Gasteiger partial charge in [0.25, 0.3) is 0 Å². The Morgan fingerprint density at radius 3 is 2.50 bits per heavy atom. The Morgan fingerprint density at radius 1 is 1.38 bits per heavy atom. The number of rotatable bonds is 3. The molecule has 0 aromatic heterocycles. The summed E-state index contributed by atoms with van der Waals surface area (Å²) in [6.45, 7) is 0.174. The monoisotopic (exact) mass is 297 g/mol.